The van der Waals surface area contributed by atoms with Crippen molar-refractivity contribution in [3.8, 4) is 5.75 Å². The Balaban J connectivity index is 2.71. The Bertz CT molecular complexity index is 318. The van der Waals surface area contributed by atoms with Crippen LogP contribution >= 0.6 is 0 Å². The molecular weight excluding hydrogens is 180 g/mol. The van der Waals surface area contributed by atoms with Crippen molar-refractivity contribution in [3.05, 3.63) is 23.2 Å². The molecule has 0 aromatic carbocycles. The normalized spacial score (nSPS) is 11.1. The molecule has 76 valence electrons. The second kappa shape index (κ2) is 4.17. The topological polar surface area (TPSA) is 51.6 Å². The first-order chi connectivity index (χ1) is 6.53. The molecule has 0 radical (unpaired) electrons. The number of pyridine rings is 1. The fraction of sp³-hybridized carbons (Fsp3) is 0.500. The molecule has 0 N–H and O–H groups in total. The van der Waals surface area contributed by atoms with E-state index in [1.54, 1.807) is 12.1 Å². The van der Waals surface area contributed by atoms with Crippen LogP contribution in [-0.2, 0) is 0 Å². The summed E-state index contributed by atoms with van der Waals surface area (Å²) in [5.41, 5.74) is 0.0516. The van der Waals surface area contributed by atoms with Crippen LogP contribution in [0.15, 0.2) is 23.5 Å². The van der Waals surface area contributed by atoms with Gasteiger partial charge in [-0.15, -0.1) is 4.91 Å². The zero-order valence-corrected chi connectivity index (χ0v) is 8.65. The predicted molar refractivity (Wildman–Crippen MR) is 54.6 cm³/mol. The van der Waals surface area contributed by atoms with Crippen molar-refractivity contribution in [1.29, 1.82) is 0 Å². The summed E-state index contributed by atoms with van der Waals surface area (Å²) in [5.74, 6) is 0.550. The van der Waals surface area contributed by atoms with Gasteiger partial charge in [-0.25, -0.2) is 4.98 Å². The molecule has 0 aliphatic carbocycles. The van der Waals surface area contributed by atoms with E-state index in [1.165, 1.54) is 6.20 Å². The third-order valence-corrected chi connectivity index (χ3v) is 1.50. The molecule has 0 unspecified atom stereocenters. The second-order valence-electron chi connectivity index (χ2n) is 4.27. The molecule has 0 spiro atoms. The quantitative estimate of drug-likeness (QED) is 0.695. The third kappa shape index (κ3) is 3.12. The largest absolute Gasteiger partial charge is 0.489 e. The van der Waals surface area contributed by atoms with Crippen molar-refractivity contribution in [1.82, 2.24) is 4.98 Å². The van der Waals surface area contributed by atoms with E-state index in [-0.39, 0.29) is 11.2 Å². The van der Waals surface area contributed by atoms with Crippen LogP contribution in [0.2, 0.25) is 0 Å². The van der Waals surface area contributed by atoms with Gasteiger partial charge >= 0.3 is 0 Å². The van der Waals surface area contributed by atoms with Gasteiger partial charge in [-0.05, 0) is 22.7 Å². The van der Waals surface area contributed by atoms with Crippen LogP contribution in [0.1, 0.15) is 20.8 Å². The lowest BCUT2D eigenvalue weighted by Crippen LogP contribution is -2.16. The van der Waals surface area contributed by atoms with E-state index in [2.05, 4.69) is 30.9 Å². The number of rotatable bonds is 3. The highest BCUT2D eigenvalue weighted by molar-refractivity contribution is 5.43. The number of nitroso groups, excluding NO2 is 1. The van der Waals surface area contributed by atoms with Gasteiger partial charge in [0.25, 0.3) is 0 Å². The minimum atomic E-state index is 0.0516. The Morgan fingerprint density at radius 2 is 2.21 bits per heavy atom. The zero-order valence-electron chi connectivity index (χ0n) is 8.65. The summed E-state index contributed by atoms with van der Waals surface area (Å²) < 4.78 is 5.44. The van der Waals surface area contributed by atoms with Crippen molar-refractivity contribution in [2.24, 2.45) is 10.6 Å². The van der Waals surface area contributed by atoms with Gasteiger partial charge in [-0.3, -0.25) is 0 Å². The average molecular weight is 194 g/mol. The molecule has 4 nitrogen and oxygen atoms in total. The van der Waals surface area contributed by atoms with Crippen LogP contribution in [0.4, 0.5) is 5.82 Å². The van der Waals surface area contributed by atoms with Crippen LogP contribution in [0.5, 0.6) is 5.75 Å². The maximum absolute atomic E-state index is 10.4. The first kappa shape index (κ1) is 10.6. The SMILES string of the molecule is CC(C)(C)COc1cccnc1N=O. The van der Waals surface area contributed by atoms with Crippen molar-refractivity contribution in [2.75, 3.05) is 6.61 Å². The fourth-order valence-electron chi connectivity index (χ4n) is 0.858. The van der Waals surface area contributed by atoms with Gasteiger partial charge in [0.2, 0.25) is 5.82 Å². The van der Waals surface area contributed by atoms with Crippen molar-refractivity contribution in [3.63, 3.8) is 0 Å². The van der Waals surface area contributed by atoms with E-state index in [0.717, 1.165) is 0 Å². The molecule has 1 aromatic heterocycles. The molecule has 0 amide bonds. The van der Waals surface area contributed by atoms with Gasteiger partial charge in [-0.1, -0.05) is 20.8 Å². The molecule has 14 heavy (non-hydrogen) atoms. The van der Waals surface area contributed by atoms with Crippen LogP contribution in [0.3, 0.4) is 0 Å². The highest BCUT2D eigenvalue weighted by atomic mass is 16.5. The van der Waals surface area contributed by atoms with E-state index < -0.39 is 0 Å². The Morgan fingerprint density at radius 3 is 2.79 bits per heavy atom. The first-order valence-electron chi connectivity index (χ1n) is 4.44. The summed E-state index contributed by atoms with van der Waals surface area (Å²) in [4.78, 5) is 14.2. The Kier molecular flexibility index (Phi) is 3.17. The van der Waals surface area contributed by atoms with E-state index in [0.29, 0.717) is 12.4 Å². The molecule has 1 heterocycles. The molecule has 0 saturated carbocycles. The van der Waals surface area contributed by atoms with Gasteiger partial charge in [0, 0.05) is 6.20 Å². The highest BCUT2D eigenvalue weighted by Gasteiger charge is 2.13. The molecule has 4 heteroatoms. The molecule has 1 rings (SSSR count). The van der Waals surface area contributed by atoms with Crippen molar-refractivity contribution in [2.45, 2.75) is 20.8 Å². The van der Waals surface area contributed by atoms with Crippen LogP contribution in [0.25, 0.3) is 0 Å². The lowest BCUT2D eigenvalue weighted by Gasteiger charge is -2.18. The molecule has 0 bridgehead atoms. The van der Waals surface area contributed by atoms with Gasteiger partial charge in [0.1, 0.15) is 0 Å². The predicted octanol–water partition coefficient (Wildman–Crippen LogP) is 2.90. The average Bonchev–Trinajstić information content (AvgIpc) is 2.14. The van der Waals surface area contributed by atoms with Crippen LogP contribution in [-0.4, -0.2) is 11.6 Å². The first-order valence-corrected chi connectivity index (χ1v) is 4.44. The van der Waals surface area contributed by atoms with Gasteiger partial charge in [0.05, 0.1) is 6.61 Å². The maximum Gasteiger partial charge on any atom is 0.238 e. The molecule has 1 aromatic rings. The number of hydrogen-bond donors (Lipinski definition) is 0. The van der Waals surface area contributed by atoms with Crippen LogP contribution < -0.4 is 4.74 Å². The van der Waals surface area contributed by atoms with Crippen LogP contribution in [0, 0.1) is 10.3 Å². The summed E-state index contributed by atoms with van der Waals surface area (Å²) >= 11 is 0. The monoisotopic (exact) mass is 194 g/mol. The Hall–Kier alpha value is -1.45. The van der Waals surface area contributed by atoms with E-state index >= 15 is 0 Å². The summed E-state index contributed by atoms with van der Waals surface area (Å²) in [6.07, 6.45) is 1.51. The van der Waals surface area contributed by atoms with Crippen molar-refractivity contribution < 1.29 is 4.74 Å². The van der Waals surface area contributed by atoms with E-state index in [1.807, 2.05) is 0 Å². The Labute approximate surface area is 83.3 Å². The fourth-order valence-corrected chi connectivity index (χ4v) is 0.858. The molecule has 0 aliphatic rings. The third-order valence-electron chi connectivity index (χ3n) is 1.50. The minimum Gasteiger partial charge on any atom is -0.489 e. The van der Waals surface area contributed by atoms with Gasteiger partial charge < -0.3 is 4.74 Å². The molecule has 0 saturated heterocycles. The number of aromatic nitrogens is 1. The molecule has 0 fully saturated rings. The lowest BCUT2D eigenvalue weighted by atomic mass is 9.99. The highest BCUT2D eigenvalue weighted by Crippen LogP contribution is 2.25. The Morgan fingerprint density at radius 1 is 1.50 bits per heavy atom. The lowest BCUT2D eigenvalue weighted by molar-refractivity contribution is 0.198. The molecule has 0 atom stereocenters. The summed E-state index contributed by atoms with van der Waals surface area (Å²) in [7, 11) is 0. The van der Waals surface area contributed by atoms with E-state index in [4.69, 9.17) is 4.74 Å². The minimum absolute atomic E-state index is 0.0516. The number of nitrogens with zero attached hydrogens (tertiary/aromatic N) is 2. The summed E-state index contributed by atoms with van der Waals surface area (Å²) in [5, 5.41) is 2.79. The summed E-state index contributed by atoms with van der Waals surface area (Å²) in [6.45, 7) is 6.69. The smallest absolute Gasteiger partial charge is 0.238 e. The second-order valence-corrected chi connectivity index (χ2v) is 4.27. The van der Waals surface area contributed by atoms with E-state index in [9.17, 15) is 4.91 Å². The summed E-state index contributed by atoms with van der Waals surface area (Å²) in [6, 6.07) is 3.40. The molecule has 0 aliphatic heterocycles. The standard InChI is InChI=1S/C10H14N2O2/c1-10(2,3)7-14-8-5-4-6-11-9(8)12-13/h4-6H,7H2,1-3H3. The van der Waals surface area contributed by atoms with Gasteiger partial charge in [-0.2, -0.15) is 0 Å². The maximum atomic E-state index is 10.4. The number of ether oxygens (including phenoxy) is 1. The molecular formula is C10H14N2O2. The van der Waals surface area contributed by atoms with Gasteiger partial charge in [0.15, 0.2) is 5.75 Å². The van der Waals surface area contributed by atoms with Crippen molar-refractivity contribution >= 4 is 5.82 Å². The number of hydrogen-bond acceptors (Lipinski definition) is 4. The zero-order chi connectivity index (χ0) is 10.6.